The number of aryl methyl sites for hydroxylation is 2. The molecule has 4 aromatic carbocycles. The number of rotatable bonds is 4. The highest BCUT2D eigenvalue weighted by molar-refractivity contribution is 6.05. The molecular weight excluding hydrogens is 560 g/mol. The van der Waals surface area contributed by atoms with Crippen molar-refractivity contribution >= 4 is 49.6 Å². The summed E-state index contributed by atoms with van der Waals surface area (Å²) in [7, 11) is 4.02. The van der Waals surface area contributed by atoms with Gasteiger partial charge in [0.1, 0.15) is 0 Å². The van der Waals surface area contributed by atoms with Crippen LogP contribution in [0, 0.1) is 0 Å². The average Bonchev–Trinajstić information content (AvgIpc) is 3.60. The highest BCUT2D eigenvalue weighted by Crippen LogP contribution is 2.33. The zero-order valence-electron chi connectivity index (χ0n) is 24.8. The van der Waals surface area contributed by atoms with Gasteiger partial charge in [-0.25, -0.2) is 14.8 Å². The fourth-order valence-electron chi connectivity index (χ4n) is 6.10. The number of aliphatic hydroxyl groups excluding tert-OH is 1. The molecule has 0 spiro atoms. The maximum atomic E-state index is 11.6. The predicted octanol–water partition coefficient (Wildman–Crippen LogP) is 7.98. The third-order valence-electron chi connectivity index (χ3n) is 8.26. The van der Waals surface area contributed by atoms with Crippen LogP contribution in [-0.2, 0) is 20.7 Å². The van der Waals surface area contributed by atoms with E-state index in [1.807, 2.05) is 110 Å². The zero-order valence-corrected chi connectivity index (χ0v) is 24.8. The van der Waals surface area contributed by atoms with Crippen LogP contribution >= 0.6 is 0 Å². The Hall–Kier alpha value is -5.79. The Kier molecular flexibility index (Phi) is 7.08. The minimum absolute atomic E-state index is 0.0147. The van der Waals surface area contributed by atoms with E-state index in [-0.39, 0.29) is 12.2 Å². The lowest BCUT2D eigenvalue weighted by molar-refractivity contribution is 0.0699. The third kappa shape index (κ3) is 4.99. The van der Waals surface area contributed by atoms with Crippen LogP contribution in [0.2, 0.25) is 0 Å². The molecule has 7 nitrogen and oxygen atoms in total. The Bertz CT molecular complexity index is 2390. The van der Waals surface area contributed by atoms with Crippen molar-refractivity contribution in [2.24, 2.45) is 14.1 Å². The number of fused-ring (bicyclic) bond motifs is 4. The monoisotopic (exact) mass is 590 g/mol. The Morgan fingerprint density at radius 3 is 1.60 bits per heavy atom. The van der Waals surface area contributed by atoms with E-state index in [1.54, 1.807) is 12.1 Å². The van der Waals surface area contributed by atoms with Gasteiger partial charge in [-0.3, -0.25) is 0 Å². The number of carboxylic acids is 1. The van der Waals surface area contributed by atoms with Gasteiger partial charge in [-0.2, -0.15) is 0 Å². The Labute approximate surface area is 259 Å². The number of carbonyl (C=O) groups is 1. The SMILES string of the molecule is Cn1cc(-c2cc(C(=O)O)c3ccccc3n2)c2ccccc21.Cn1cc(-c2cc(CO)c3ccccc3n2)c2ccccc21. The van der Waals surface area contributed by atoms with Gasteiger partial charge in [-0.15, -0.1) is 0 Å². The first-order valence-corrected chi connectivity index (χ1v) is 14.6. The Morgan fingerprint density at radius 2 is 1.07 bits per heavy atom. The molecule has 4 aromatic heterocycles. The van der Waals surface area contributed by atoms with E-state index in [9.17, 15) is 15.0 Å². The van der Waals surface area contributed by atoms with Crippen molar-refractivity contribution in [3.63, 3.8) is 0 Å². The second kappa shape index (κ2) is 11.4. The van der Waals surface area contributed by atoms with Crippen LogP contribution in [0.15, 0.2) is 122 Å². The minimum atomic E-state index is -0.940. The lowest BCUT2D eigenvalue weighted by Gasteiger charge is -2.07. The first-order chi connectivity index (χ1) is 21.9. The highest BCUT2D eigenvalue weighted by atomic mass is 16.4. The molecule has 0 bridgehead atoms. The van der Waals surface area contributed by atoms with Gasteiger partial charge in [-0.05, 0) is 42.0 Å². The largest absolute Gasteiger partial charge is 0.478 e. The number of carboxylic acid groups (broad SMARTS) is 1. The van der Waals surface area contributed by atoms with E-state index < -0.39 is 5.97 Å². The van der Waals surface area contributed by atoms with E-state index in [1.165, 1.54) is 10.9 Å². The quantitative estimate of drug-likeness (QED) is 0.217. The number of para-hydroxylation sites is 4. The number of pyridine rings is 2. The molecule has 220 valence electrons. The van der Waals surface area contributed by atoms with Gasteiger partial charge >= 0.3 is 5.97 Å². The van der Waals surface area contributed by atoms with E-state index in [4.69, 9.17) is 4.98 Å². The van der Waals surface area contributed by atoms with Gasteiger partial charge in [0.05, 0.1) is 34.6 Å². The molecule has 0 saturated carbocycles. The molecule has 7 heteroatoms. The average molecular weight is 591 g/mol. The lowest BCUT2D eigenvalue weighted by atomic mass is 10.0. The standard InChI is InChI=1S/C19H14N2O2.C19H16N2O/c1-21-11-15(13-7-3-5-9-18(13)21)17-10-14(19(22)23)12-6-2-4-8-16(12)20-17;1-21-11-16(15-7-3-5-9-19(15)21)18-10-13(12-22)14-6-2-4-8-17(14)20-18/h2-11H,1H3,(H,22,23);2-11,22H,12H2,1H3. The maximum absolute atomic E-state index is 11.6. The Balaban J connectivity index is 0.000000145. The molecule has 2 N–H and O–H groups in total. The summed E-state index contributed by atoms with van der Waals surface area (Å²) in [6.07, 6.45) is 4.09. The summed E-state index contributed by atoms with van der Waals surface area (Å²) >= 11 is 0. The summed E-state index contributed by atoms with van der Waals surface area (Å²) in [6, 6.07) is 35.3. The van der Waals surface area contributed by atoms with Gasteiger partial charge in [0, 0.05) is 70.2 Å². The first kappa shape index (κ1) is 28.0. The van der Waals surface area contributed by atoms with E-state index in [2.05, 4.69) is 27.9 Å². The van der Waals surface area contributed by atoms with Crippen LogP contribution in [0.25, 0.3) is 66.1 Å². The second-order valence-corrected chi connectivity index (χ2v) is 11.1. The van der Waals surface area contributed by atoms with Gasteiger partial charge in [0.2, 0.25) is 0 Å². The van der Waals surface area contributed by atoms with Crippen LogP contribution in [0.4, 0.5) is 0 Å². The van der Waals surface area contributed by atoms with Gasteiger partial charge in [0.15, 0.2) is 0 Å². The molecule has 0 unspecified atom stereocenters. The molecule has 0 radical (unpaired) electrons. The summed E-state index contributed by atoms with van der Waals surface area (Å²) in [5, 5.41) is 23.1. The maximum Gasteiger partial charge on any atom is 0.336 e. The van der Waals surface area contributed by atoms with Crippen LogP contribution in [0.1, 0.15) is 15.9 Å². The van der Waals surface area contributed by atoms with Crippen LogP contribution in [0.5, 0.6) is 0 Å². The van der Waals surface area contributed by atoms with Crippen molar-refractivity contribution in [2.45, 2.75) is 6.61 Å². The van der Waals surface area contributed by atoms with Crippen LogP contribution in [0.3, 0.4) is 0 Å². The van der Waals surface area contributed by atoms with Crippen molar-refractivity contribution in [2.75, 3.05) is 0 Å². The molecule has 0 aliphatic carbocycles. The number of nitrogens with zero attached hydrogens (tertiary/aromatic N) is 4. The molecule has 8 rings (SSSR count). The summed E-state index contributed by atoms with van der Waals surface area (Å²) in [5.41, 5.74) is 8.68. The molecule has 0 fully saturated rings. The number of benzene rings is 4. The summed E-state index contributed by atoms with van der Waals surface area (Å²) in [4.78, 5) is 21.1. The summed E-state index contributed by atoms with van der Waals surface area (Å²) in [5.74, 6) is -0.940. The van der Waals surface area contributed by atoms with Gasteiger partial charge in [-0.1, -0.05) is 72.8 Å². The smallest absolute Gasteiger partial charge is 0.336 e. The molecule has 0 aliphatic heterocycles. The second-order valence-electron chi connectivity index (χ2n) is 11.1. The van der Waals surface area contributed by atoms with Crippen molar-refractivity contribution in [1.82, 2.24) is 19.1 Å². The fraction of sp³-hybridized carbons (Fsp3) is 0.0789. The highest BCUT2D eigenvalue weighted by Gasteiger charge is 2.16. The number of aromatic carboxylic acids is 1. The van der Waals surface area contributed by atoms with E-state index >= 15 is 0 Å². The molecule has 4 heterocycles. The van der Waals surface area contributed by atoms with Crippen molar-refractivity contribution in [1.29, 1.82) is 0 Å². The molecule has 8 aromatic rings. The number of aliphatic hydroxyl groups is 1. The minimum Gasteiger partial charge on any atom is -0.478 e. The van der Waals surface area contributed by atoms with Crippen LogP contribution in [-0.4, -0.2) is 35.3 Å². The Morgan fingerprint density at radius 1 is 0.622 bits per heavy atom. The van der Waals surface area contributed by atoms with Crippen LogP contribution < -0.4 is 0 Å². The zero-order chi connectivity index (χ0) is 31.1. The molecule has 0 amide bonds. The van der Waals surface area contributed by atoms with Crippen molar-refractivity contribution in [3.8, 4) is 22.5 Å². The number of aromatic nitrogens is 4. The van der Waals surface area contributed by atoms with Crippen molar-refractivity contribution < 1.29 is 15.0 Å². The topological polar surface area (TPSA) is 93.2 Å². The van der Waals surface area contributed by atoms with E-state index in [0.717, 1.165) is 44.2 Å². The first-order valence-electron chi connectivity index (χ1n) is 14.6. The summed E-state index contributed by atoms with van der Waals surface area (Å²) in [6.45, 7) is 0.0147. The molecule has 0 aliphatic rings. The summed E-state index contributed by atoms with van der Waals surface area (Å²) < 4.78 is 4.14. The molecular formula is C38H30N4O3. The third-order valence-corrected chi connectivity index (χ3v) is 8.26. The van der Waals surface area contributed by atoms with Crippen molar-refractivity contribution in [3.05, 3.63) is 133 Å². The normalized spacial score (nSPS) is 11.3. The molecule has 0 saturated heterocycles. The van der Waals surface area contributed by atoms with Gasteiger partial charge in [0.25, 0.3) is 0 Å². The van der Waals surface area contributed by atoms with E-state index in [0.29, 0.717) is 16.6 Å². The van der Waals surface area contributed by atoms with Gasteiger partial charge < -0.3 is 19.3 Å². The number of hydrogen-bond acceptors (Lipinski definition) is 4. The predicted molar refractivity (Wildman–Crippen MR) is 180 cm³/mol. The number of hydrogen-bond donors (Lipinski definition) is 2. The fourth-order valence-corrected chi connectivity index (χ4v) is 6.10. The molecule has 45 heavy (non-hydrogen) atoms. The lowest BCUT2D eigenvalue weighted by Crippen LogP contribution is -2.00. The molecule has 0 atom stereocenters.